The zero-order valence-corrected chi connectivity index (χ0v) is 18.9. The van der Waals surface area contributed by atoms with Crippen LogP contribution in [0, 0.1) is 5.92 Å². The van der Waals surface area contributed by atoms with Gasteiger partial charge >= 0.3 is 11.9 Å². The summed E-state index contributed by atoms with van der Waals surface area (Å²) in [6, 6.07) is 16.6. The minimum atomic E-state index is -0.879. The van der Waals surface area contributed by atoms with Crippen molar-refractivity contribution in [1.82, 2.24) is 0 Å². The van der Waals surface area contributed by atoms with Gasteiger partial charge < -0.3 is 20.4 Å². The molecule has 0 amide bonds. The van der Waals surface area contributed by atoms with Crippen LogP contribution in [0.1, 0.15) is 74.1 Å². The fraction of sp³-hybridized carbons (Fsp3) is 0.440. The number of rotatable bonds is 8. The number of hydrogen-bond acceptors (Lipinski definition) is 4. The average Bonchev–Trinajstić information content (AvgIpc) is 2.75. The Hall–Kier alpha value is -2.70. The third kappa shape index (κ3) is 14.0. The molecule has 0 saturated heterocycles. The van der Waals surface area contributed by atoms with Crippen LogP contribution in [-0.2, 0) is 0 Å². The van der Waals surface area contributed by atoms with Crippen molar-refractivity contribution in [1.29, 1.82) is 0 Å². The molecule has 0 aromatic heterocycles. The quantitative estimate of drug-likeness (QED) is 0.461. The van der Waals surface area contributed by atoms with E-state index >= 15 is 0 Å². The highest BCUT2D eigenvalue weighted by molar-refractivity contribution is 5.87. The van der Waals surface area contributed by atoms with Crippen LogP contribution in [0.2, 0.25) is 0 Å². The molecule has 0 radical (unpaired) electrons. The third-order valence-corrected chi connectivity index (χ3v) is 4.74. The van der Waals surface area contributed by atoms with Crippen molar-refractivity contribution in [3.05, 3.63) is 71.8 Å². The van der Waals surface area contributed by atoms with Crippen LogP contribution in [0.25, 0.3) is 0 Å². The molecule has 2 rings (SSSR count). The fourth-order valence-electron chi connectivity index (χ4n) is 2.77. The van der Waals surface area contributed by atoms with Gasteiger partial charge in [-0.3, -0.25) is 0 Å². The SMILES string of the molecule is CCC(O)CC(C)CC(C)(O)CC.O=C(O)c1ccccc1.O=C(O)c1ccccc1. The van der Waals surface area contributed by atoms with Crippen LogP contribution in [0.5, 0.6) is 0 Å². The van der Waals surface area contributed by atoms with Gasteiger partial charge in [0.1, 0.15) is 0 Å². The number of carboxylic acids is 2. The molecule has 2 aromatic carbocycles. The van der Waals surface area contributed by atoms with Crippen LogP contribution in [-0.4, -0.2) is 44.1 Å². The van der Waals surface area contributed by atoms with Crippen molar-refractivity contribution in [2.24, 2.45) is 5.92 Å². The lowest BCUT2D eigenvalue weighted by atomic mass is 9.87. The number of aliphatic hydroxyl groups is 2. The van der Waals surface area contributed by atoms with Crippen molar-refractivity contribution < 1.29 is 30.0 Å². The summed E-state index contributed by atoms with van der Waals surface area (Å²) in [5, 5.41) is 36.0. The molecule has 0 saturated carbocycles. The smallest absolute Gasteiger partial charge is 0.335 e. The molecule has 3 unspecified atom stereocenters. The van der Waals surface area contributed by atoms with E-state index in [1.807, 2.05) is 20.8 Å². The second-order valence-corrected chi connectivity index (χ2v) is 7.80. The Bertz CT molecular complexity index is 694. The van der Waals surface area contributed by atoms with Crippen LogP contribution in [0.4, 0.5) is 0 Å². The number of aromatic carboxylic acids is 2. The van der Waals surface area contributed by atoms with Crippen molar-refractivity contribution in [3.8, 4) is 0 Å². The average molecular weight is 433 g/mol. The highest BCUT2D eigenvalue weighted by Gasteiger charge is 2.22. The van der Waals surface area contributed by atoms with Gasteiger partial charge in [0.2, 0.25) is 0 Å². The van der Waals surface area contributed by atoms with E-state index in [1.54, 1.807) is 60.7 Å². The molecule has 0 spiro atoms. The van der Waals surface area contributed by atoms with Gasteiger partial charge in [-0.25, -0.2) is 9.59 Å². The monoisotopic (exact) mass is 432 g/mol. The molecule has 31 heavy (non-hydrogen) atoms. The van der Waals surface area contributed by atoms with E-state index < -0.39 is 17.5 Å². The molecular formula is C25H36O6. The molecule has 2 aromatic rings. The summed E-state index contributed by atoms with van der Waals surface area (Å²) in [7, 11) is 0. The molecule has 6 heteroatoms. The first-order valence-corrected chi connectivity index (χ1v) is 10.5. The molecule has 0 fully saturated rings. The second kappa shape index (κ2) is 15.2. The van der Waals surface area contributed by atoms with Crippen LogP contribution >= 0.6 is 0 Å². The van der Waals surface area contributed by atoms with Crippen LogP contribution < -0.4 is 0 Å². The Labute approximate surface area is 185 Å². The molecule has 172 valence electrons. The van der Waals surface area contributed by atoms with Crippen LogP contribution in [0.3, 0.4) is 0 Å². The zero-order chi connectivity index (χ0) is 23.9. The number of aliphatic hydroxyl groups excluding tert-OH is 1. The number of carboxylic acid groups (broad SMARTS) is 2. The summed E-state index contributed by atoms with van der Waals surface area (Å²) < 4.78 is 0. The lowest BCUT2D eigenvalue weighted by molar-refractivity contribution is 0.0230. The Morgan fingerprint density at radius 3 is 1.52 bits per heavy atom. The predicted molar refractivity (Wildman–Crippen MR) is 122 cm³/mol. The number of benzene rings is 2. The van der Waals surface area contributed by atoms with E-state index in [9.17, 15) is 19.8 Å². The summed E-state index contributed by atoms with van der Waals surface area (Å²) in [6.07, 6.45) is 2.95. The zero-order valence-electron chi connectivity index (χ0n) is 18.9. The normalized spacial score (nSPS) is 13.9. The predicted octanol–water partition coefficient (Wildman–Crippen LogP) is 5.10. The molecule has 0 heterocycles. The van der Waals surface area contributed by atoms with Gasteiger partial charge in [-0.15, -0.1) is 0 Å². The van der Waals surface area contributed by atoms with Crippen molar-refractivity contribution in [3.63, 3.8) is 0 Å². The Kier molecular flexibility index (Phi) is 13.8. The van der Waals surface area contributed by atoms with E-state index in [4.69, 9.17) is 10.2 Å². The van der Waals surface area contributed by atoms with E-state index in [1.165, 1.54) is 0 Å². The first-order valence-electron chi connectivity index (χ1n) is 10.5. The maximum absolute atomic E-state index is 10.2. The summed E-state index contributed by atoms with van der Waals surface area (Å²) in [5.74, 6) is -1.36. The molecule has 0 aliphatic rings. The van der Waals surface area contributed by atoms with E-state index in [2.05, 4.69) is 6.92 Å². The minimum Gasteiger partial charge on any atom is -0.478 e. The molecule has 6 nitrogen and oxygen atoms in total. The summed E-state index contributed by atoms with van der Waals surface area (Å²) in [5.41, 5.74) is 0.0994. The second-order valence-electron chi connectivity index (χ2n) is 7.80. The first kappa shape index (κ1) is 28.3. The summed E-state index contributed by atoms with van der Waals surface area (Å²) in [6.45, 7) is 7.92. The van der Waals surface area contributed by atoms with Gasteiger partial charge in [0.25, 0.3) is 0 Å². The standard InChI is InChI=1S/C11H24O2.2C7H6O2/c1-5-10(12)7-9(3)8-11(4,13)6-2;2*8-7(9)6-4-2-1-3-5-6/h9-10,12-13H,5-8H2,1-4H3;2*1-5H,(H,8,9). The van der Waals surface area contributed by atoms with E-state index in [-0.39, 0.29) is 6.10 Å². The van der Waals surface area contributed by atoms with E-state index in [0.717, 1.165) is 25.7 Å². The maximum atomic E-state index is 10.2. The van der Waals surface area contributed by atoms with Crippen molar-refractivity contribution >= 4 is 11.9 Å². The molecular weight excluding hydrogens is 396 g/mol. The van der Waals surface area contributed by atoms with Crippen molar-refractivity contribution in [2.75, 3.05) is 0 Å². The highest BCUT2D eigenvalue weighted by Crippen LogP contribution is 2.23. The van der Waals surface area contributed by atoms with Gasteiger partial charge in [0, 0.05) is 0 Å². The summed E-state index contributed by atoms with van der Waals surface area (Å²) >= 11 is 0. The summed E-state index contributed by atoms with van der Waals surface area (Å²) in [4.78, 5) is 20.4. The Morgan fingerprint density at radius 1 is 0.871 bits per heavy atom. The lowest BCUT2D eigenvalue weighted by Crippen LogP contribution is -2.27. The fourth-order valence-corrected chi connectivity index (χ4v) is 2.77. The molecule has 3 atom stereocenters. The first-order chi connectivity index (χ1) is 14.5. The lowest BCUT2D eigenvalue weighted by Gasteiger charge is -2.26. The van der Waals surface area contributed by atoms with E-state index in [0.29, 0.717) is 17.0 Å². The van der Waals surface area contributed by atoms with Gasteiger partial charge in [-0.05, 0) is 62.8 Å². The topological polar surface area (TPSA) is 115 Å². The number of hydrogen-bond donors (Lipinski definition) is 4. The van der Waals surface area contributed by atoms with Crippen molar-refractivity contribution in [2.45, 2.75) is 65.1 Å². The molecule has 0 bridgehead atoms. The van der Waals surface area contributed by atoms with Crippen LogP contribution in [0.15, 0.2) is 60.7 Å². The molecule has 0 aliphatic carbocycles. The largest absolute Gasteiger partial charge is 0.478 e. The Balaban J connectivity index is 0.000000445. The number of carbonyl (C=O) groups is 2. The minimum absolute atomic E-state index is 0.206. The van der Waals surface area contributed by atoms with Gasteiger partial charge in [0.15, 0.2) is 0 Å². The van der Waals surface area contributed by atoms with Gasteiger partial charge in [-0.1, -0.05) is 57.2 Å². The molecule has 0 aliphatic heterocycles. The Morgan fingerprint density at radius 2 is 1.26 bits per heavy atom. The maximum Gasteiger partial charge on any atom is 0.335 e. The molecule has 4 N–H and O–H groups in total. The third-order valence-electron chi connectivity index (χ3n) is 4.74. The van der Waals surface area contributed by atoms with Gasteiger partial charge in [-0.2, -0.15) is 0 Å². The van der Waals surface area contributed by atoms with Gasteiger partial charge in [0.05, 0.1) is 22.8 Å². The highest BCUT2D eigenvalue weighted by atomic mass is 16.4.